The number of para-hydroxylation sites is 1. The van der Waals surface area contributed by atoms with Crippen molar-refractivity contribution in [3.8, 4) is 5.75 Å². The molecular formula is C15H13F4NO. The Morgan fingerprint density at radius 2 is 1.57 bits per heavy atom. The number of halogens is 4. The molecular weight excluding hydrogens is 286 g/mol. The van der Waals surface area contributed by atoms with Gasteiger partial charge >= 0.3 is 6.61 Å². The highest BCUT2D eigenvalue weighted by Gasteiger charge is 2.10. The molecule has 0 fully saturated rings. The van der Waals surface area contributed by atoms with Crippen molar-refractivity contribution in [1.29, 1.82) is 0 Å². The van der Waals surface area contributed by atoms with Crippen LogP contribution in [0.4, 0.5) is 17.6 Å². The van der Waals surface area contributed by atoms with Crippen LogP contribution >= 0.6 is 0 Å². The molecule has 0 saturated carbocycles. The molecule has 0 aliphatic heterocycles. The van der Waals surface area contributed by atoms with Crippen molar-refractivity contribution < 1.29 is 22.3 Å². The predicted octanol–water partition coefficient (Wildman–Crippen LogP) is 3.86. The number of ether oxygens (including phenoxy) is 1. The summed E-state index contributed by atoms with van der Waals surface area (Å²) in [5.41, 5.74) is 0.678. The molecule has 0 aromatic heterocycles. The number of hydrogen-bond acceptors (Lipinski definition) is 2. The maximum Gasteiger partial charge on any atom is 0.387 e. The fourth-order valence-electron chi connectivity index (χ4n) is 1.88. The number of nitrogens with one attached hydrogen (secondary N) is 1. The smallest absolute Gasteiger partial charge is 0.387 e. The van der Waals surface area contributed by atoms with Gasteiger partial charge in [-0.2, -0.15) is 8.78 Å². The summed E-state index contributed by atoms with van der Waals surface area (Å²) >= 11 is 0. The summed E-state index contributed by atoms with van der Waals surface area (Å²) in [5, 5.41) is 2.87. The zero-order chi connectivity index (χ0) is 15.2. The molecule has 112 valence electrons. The third-order valence-corrected chi connectivity index (χ3v) is 2.85. The van der Waals surface area contributed by atoms with Gasteiger partial charge in [-0.25, -0.2) is 8.78 Å². The van der Waals surface area contributed by atoms with Crippen LogP contribution in [0.1, 0.15) is 11.1 Å². The van der Waals surface area contributed by atoms with E-state index in [4.69, 9.17) is 0 Å². The minimum atomic E-state index is -2.91. The van der Waals surface area contributed by atoms with Gasteiger partial charge in [-0.15, -0.1) is 0 Å². The molecule has 0 bridgehead atoms. The molecule has 0 spiro atoms. The monoisotopic (exact) mass is 299 g/mol. The molecule has 0 amide bonds. The molecule has 0 heterocycles. The zero-order valence-corrected chi connectivity index (χ0v) is 11.0. The van der Waals surface area contributed by atoms with E-state index in [0.29, 0.717) is 5.56 Å². The van der Waals surface area contributed by atoms with Gasteiger partial charge in [-0.3, -0.25) is 0 Å². The lowest BCUT2D eigenvalue weighted by Gasteiger charge is -2.11. The van der Waals surface area contributed by atoms with Gasteiger partial charge in [0.2, 0.25) is 0 Å². The second-order valence-electron chi connectivity index (χ2n) is 4.30. The Kier molecular flexibility index (Phi) is 5.16. The first-order chi connectivity index (χ1) is 10.1. The van der Waals surface area contributed by atoms with Gasteiger partial charge in [0, 0.05) is 24.2 Å². The van der Waals surface area contributed by atoms with Crippen LogP contribution in [0, 0.1) is 11.6 Å². The summed E-state index contributed by atoms with van der Waals surface area (Å²) in [7, 11) is 0. The minimum Gasteiger partial charge on any atom is -0.434 e. The van der Waals surface area contributed by atoms with Crippen LogP contribution in [0.15, 0.2) is 42.5 Å². The number of alkyl halides is 2. The lowest BCUT2D eigenvalue weighted by atomic mass is 10.1. The van der Waals surface area contributed by atoms with Gasteiger partial charge in [0.15, 0.2) is 11.6 Å². The second-order valence-corrected chi connectivity index (χ2v) is 4.30. The van der Waals surface area contributed by atoms with E-state index in [2.05, 4.69) is 10.1 Å². The first-order valence-electron chi connectivity index (χ1n) is 6.24. The molecule has 2 aromatic rings. The topological polar surface area (TPSA) is 21.3 Å². The van der Waals surface area contributed by atoms with Gasteiger partial charge in [0.1, 0.15) is 5.75 Å². The predicted molar refractivity (Wildman–Crippen MR) is 70.0 cm³/mol. The van der Waals surface area contributed by atoms with Gasteiger partial charge in [0.25, 0.3) is 0 Å². The first kappa shape index (κ1) is 15.3. The molecule has 2 nitrogen and oxygen atoms in total. The summed E-state index contributed by atoms with van der Waals surface area (Å²) in [6.07, 6.45) is 0. The van der Waals surface area contributed by atoms with Crippen LogP contribution in [0.3, 0.4) is 0 Å². The standard InChI is InChI=1S/C15H13F4NO/c16-12-6-3-5-11(14(12)17)9-20-8-10-4-1-2-7-13(10)21-15(18)19/h1-7,15,20H,8-9H2. The molecule has 0 radical (unpaired) electrons. The molecule has 0 atom stereocenters. The number of hydrogen-bond donors (Lipinski definition) is 1. The van der Waals surface area contributed by atoms with Crippen LogP contribution < -0.4 is 10.1 Å². The fraction of sp³-hybridized carbons (Fsp3) is 0.200. The molecule has 21 heavy (non-hydrogen) atoms. The van der Waals surface area contributed by atoms with E-state index in [0.717, 1.165) is 6.07 Å². The highest BCUT2D eigenvalue weighted by atomic mass is 19.3. The summed E-state index contributed by atoms with van der Waals surface area (Å²) in [4.78, 5) is 0. The van der Waals surface area contributed by atoms with E-state index in [1.165, 1.54) is 18.2 Å². The Morgan fingerprint density at radius 3 is 2.33 bits per heavy atom. The Morgan fingerprint density at radius 1 is 0.905 bits per heavy atom. The van der Waals surface area contributed by atoms with E-state index >= 15 is 0 Å². The number of benzene rings is 2. The van der Waals surface area contributed by atoms with E-state index in [1.54, 1.807) is 18.2 Å². The van der Waals surface area contributed by atoms with Crippen LogP contribution in [0.2, 0.25) is 0 Å². The maximum atomic E-state index is 13.4. The maximum absolute atomic E-state index is 13.4. The molecule has 0 saturated heterocycles. The van der Waals surface area contributed by atoms with Gasteiger partial charge in [-0.1, -0.05) is 30.3 Å². The average Bonchev–Trinajstić information content (AvgIpc) is 2.45. The quantitative estimate of drug-likeness (QED) is 0.818. The summed E-state index contributed by atoms with van der Waals surface area (Å²) in [6, 6.07) is 10.2. The molecule has 1 N–H and O–H groups in total. The van der Waals surface area contributed by atoms with Crippen LogP contribution in [-0.4, -0.2) is 6.61 Å². The molecule has 2 rings (SSSR count). The van der Waals surface area contributed by atoms with E-state index in [1.807, 2.05) is 0 Å². The van der Waals surface area contributed by atoms with Crippen molar-refractivity contribution in [3.63, 3.8) is 0 Å². The highest BCUT2D eigenvalue weighted by molar-refractivity contribution is 5.33. The Bertz CT molecular complexity index is 604. The van der Waals surface area contributed by atoms with E-state index in [-0.39, 0.29) is 24.4 Å². The van der Waals surface area contributed by atoms with Gasteiger partial charge in [-0.05, 0) is 12.1 Å². The average molecular weight is 299 g/mol. The normalized spacial score (nSPS) is 10.9. The summed E-state index contributed by atoms with van der Waals surface area (Å²) in [6.45, 7) is -2.64. The lowest BCUT2D eigenvalue weighted by molar-refractivity contribution is -0.0505. The molecule has 2 aromatic carbocycles. The lowest BCUT2D eigenvalue weighted by Crippen LogP contribution is -2.15. The Labute approximate surface area is 119 Å². The SMILES string of the molecule is Fc1cccc(CNCc2ccccc2OC(F)F)c1F. The summed E-state index contributed by atoms with van der Waals surface area (Å²) < 4.78 is 55.4. The van der Waals surface area contributed by atoms with Crippen LogP contribution in [-0.2, 0) is 13.1 Å². The number of rotatable bonds is 6. The van der Waals surface area contributed by atoms with Crippen LogP contribution in [0.5, 0.6) is 5.75 Å². The Balaban J connectivity index is 1.99. The molecule has 6 heteroatoms. The summed E-state index contributed by atoms with van der Waals surface area (Å²) in [5.74, 6) is -1.78. The van der Waals surface area contributed by atoms with Crippen LogP contribution in [0.25, 0.3) is 0 Å². The highest BCUT2D eigenvalue weighted by Crippen LogP contribution is 2.20. The second kappa shape index (κ2) is 7.08. The van der Waals surface area contributed by atoms with Crippen molar-refractivity contribution in [3.05, 3.63) is 65.2 Å². The van der Waals surface area contributed by atoms with Crippen molar-refractivity contribution in [1.82, 2.24) is 5.32 Å². The zero-order valence-electron chi connectivity index (χ0n) is 11.0. The van der Waals surface area contributed by atoms with Crippen molar-refractivity contribution in [2.45, 2.75) is 19.7 Å². The largest absolute Gasteiger partial charge is 0.434 e. The third-order valence-electron chi connectivity index (χ3n) is 2.85. The molecule has 0 unspecified atom stereocenters. The van der Waals surface area contributed by atoms with Crippen molar-refractivity contribution >= 4 is 0 Å². The molecule has 0 aliphatic rings. The fourth-order valence-corrected chi connectivity index (χ4v) is 1.88. The van der Waals surface area contributed by atoms with Gasteiger partial charge in [0.05, 0.1) is 0 Å². The van der Waals surface area contributed by atoms with Crippen molar-refractivity contribution in [2.75, 3.05) is 0 Å². The molecule has 0 aliphatic carbocycles. The third kappa shape index (κ3) is 4.19. The van der Waals surface area contributed by atoms with E-state index in [9.17, 15) is 17.6 Å². The van der Waals surface area contributed by atoms with Crippen molar-refractivity contribution in [2.24, 2.45) is 0 Å². The minimum absolute atomic E-state index is 0.0553. The Hall–Kier alpha value is -2.08. The first-order valence-corrected chi connectivity index (χ1v) is 6.24. The van der Waals surface area contributed by atoms with E-state index < -0.39 is 18.2 Å². The van der Waals surface area contributed by atoms with Gasteiger partial charge < -0.3 is 10.1 Å².